The van der Waals surface area contributed by atoms with Crippen molar-refractivity contribution < 1.29 is 14.0 Å². The minimum atomic E-state index is -0.624. The fourth-order valence-corrected chi connectivity index (χ4v) is 1.41. The number of nitrogen functional groups attached to an aromatic ring is 1. The van der Waals surface area contributed by atoms with Crippen molar-refractivity contribution in [2.45, 2.75) is 6.42 Å². The molecule has 0 radical (unpaired) electrons. The Kier molecular flexibility index (Phi) is 4.65. The van der Waals surface area contributed by atoms with Crippen LogP contribution in [0.1, 0.15) is 16.8 Å². The summed E-state index contributed by atoms with van der Waals surface area (Å²) in [5.74, 6) is -1.30. The summed E-state index contributed by atoms with van der Waals surface area (Å²) in [5.41, 5.74) is 5.74. The van der Waals surface area contributed by atoms with Crippen LogP contribution >= 0.6 is 0 Å². The Balaban J connectivity index is 2.74. The summed E-state index contributed by atoms with van der Waals surface area (Å²) in [5, 5.41) is 2.45. The third-order valence-electron chi connectivity index (χ3n) is 2.52. The molecule has 0 unspecified atom stereocenters. The van der Waals surface area contributed by atoms with E-state index in [9.17, 15) is 14.0 Å². The molecule has 0 saturated heterocycles. The van der Waals surface area contributed by atoms with Crippen LogP contribution in [0.2, 0.25) is 0 Å². The Hall–Kier alpha value is -2.11. The van der Waals surface area contributed by atoms with Crippen LogP contribution in [0.4, 0.5) is 10.1 Å². The van der Waals surface area contributed by atoms with Gasteiger partial charge in [-0.05, 0) is 18.2 Å². The maximum Gasteiger partial charge on any atom is 0.256 e. The van der Waals surface area contributed by atoms with Gasteiger partial charge >= 0.3 is 0 Å². The molecule has 0 heterocycles. The second-order valence-electron chi connectivity index (χ2n) is 3.89. The lowest BCUT2D eigenvalue weighted by Gasteiger charge is -2.17. The molecule has 0 aliphatic carbocycles. The monoisotopic (exact) mass is 253 g/mol. The van der Waals surface area contributed by atoms with Crippen LogP contribution in [0.15, 0.2) is 18.2 Å². The van der Waals surface area contributed by atoms with Crippen molar-refractivity contribution in [2.75, 3.05) is 26.4 Å². The van der Waals surface area contributed by atoms with Crippen molar-refractivity contribution in [1.82, 2.24) is 10.2 Å². The first-order valence-corrected chi connectivity index (χ1v) is 5.46. The number of carbonyl (C=O) groups is 2. The van der Waals surface area contributed by atoms with Crippen LogP contribution in [-0.2, 0) is 4.79 Å². The van der Waals surface area contributed by atoms with Crippen molar-refractivity contribution in [2.24, 2.45) is 0 Å². The van der Waals surface area contributed by atoms with E-state index in [2.05, 4.69) is 5.32 Å². The highest BCUT2D eigenvalue weighted by atomic mass is 19.1. The second kappa shape index (κ2) is 6.00. The standard InChI is InChI=1S/C12H16FN3O2/c1-15-11(17)5-6-16(2)12(18)9-7-8(14)3-4-10(9)13/h3-4,7H,5-6,14H2,1-2H3,(H,15,17). The van der Waals surface area contributed by atoms with E-state index >= 15 is 0 Å². The summed E-state index contributed by atoms with van der Waals surface area (Å²) in [7, 11) is 3.02. The fourth-order valence-electron chi connectivity index (χ4n) is 1.41. The fraction of sp³-hybridized carbons (Fsp3) is 0.333. The Morgan fingerprint density at radius 1 is 1.44 bits per heavy atom. The predicted octanol–water partition coefficient (Wildman–Crippen LogP) is 0.616. The quantitative estimate of drug-likeness (QED) is 0.772. The van der Waals surface area contributed by atoms with Gasteiger partial charge in [-0.25, -0.2) is 4.39 Å². The zero-order valence-corrected chi connectivity index (χ0v) is 10.4. The molecule has 6 heteroatoms. The second-order valence-corrected chi connectivity index (χ2v) is 3.89. The lowest BCUT2D eigenvalue weighted by Crippen LogP contribution is -2.31. The van der Waals surface area contributed by atoms with E-state index in [1.54, 1.807) is 0 Å². The van der Waals surface area contributed by atoms with Gasteiger partial charge in [0, 0.05) is 32.7 Å². The molecule has 0 aliphatic rings. The van der Waals surface area contributed by atoms with E-state index in [0.29, 0.717) is 5.69 Å². The smallest absolute Gasteiger partial charge is 0.256 e. The van der Waals surface area contributed by atoms with Gasteiger partial charge in [0.25, 0.3) is 5.91 Å². The highest BCUT2D eigenvalue weighted by Crippen LogP contribution is 2.14. The van der Waals surface area contributed by atoms with Gasteiger partial charge in [0.15, 0.2) is 0 Å². The van der Waals surface area contributed by atoms with E-state index in [4.69, 9.17) is 5.73 Å². The van der Waals surface area contributed by atoms with E-state index in [-0.39, 0.29) is 24.4 Å². The number of hydrogen-bond acceptors (Lipinski definition) is 3. The minimum absolute atomic E-state index is 0.0885. The van der Waals surface area contributed by atoms with E-state index in [0.717, 1.165) is 6.07 Å². The topological polar surface area (TPSA) is 75.4 Å². The van der Waals surface area contributed by atoms with Crippen molar-refractivity contribution in [1.29, 1.82) is 0 Å². The molecule has 1 aromatic rings. The third-order valence-corrected chi connectivity index (χ3v) is 2.52. The number of nitrogens with one attached hydrogen (secondary N) is 1. The van der Waals surface area contributed by atoms with Gasteiger partial charge in [0.1, 0.15) is 5.82 Å². The van der Waals surface area contributed by atoms with E-state index in [1.165, 1.54) is 31.1 Å². The number of carbonyl (C=O) groups excluding carboxylic acids is 2. The largest absolute Gasteiger partial charge is 0.399 e. The molecule has 0 spiro atoms. The summed E-state index contributed by atoms with van der Waals surface area (Å²) in [6.45, 7) is 0.215. The van der Waals surface area contributed by atoms with Gasteiger partial charge in [-0.1, -0.05) is 0 Å². The number of rotatable bonds is 4. The van der Waals surface area contributed by atoms with Gasteiger partial charge in [0.2, 0.25) is 5.91 Å². The SMILES string of the molecule is CNC(=O)CCN(C)C(=O)c1cc(N)ccc1F. The highest BCUT2D eigenvalue weighted by Gasteiger charge is 2.16. The normalized spacial score (nSPS) is 9.94. The molecule has 0 fully saturated rings. The summed E-state index contributed by atoms with van der Waals surface area (Å²) < 4.78 is 13.5. The number of benzene rings is 1. The molecule has 98 valence electrons. The molecular weight excluding hydrogens is 237 g/mol. The van der Waals surface area contributed by atoms with Crippen LogP contribution in [0.3, 0.4) is 0 Å². The van der Waals surface area contributed by atoms with E-state index < -0.39 is 11.7 Å². The van der Waals surface area contributed by atoms with Gasteiger partial charge < -0.3 is 16.0 Å². The Morgan fingerprint density at radius 2 is 2.11 bits per heavy atom. The summed E-state index contributed by atoms with van der Waals surface area (Å²) >= 11 is 0. The van der Waals surface area contributed by atoms with Crippen LogP contribution in [-0.4, -0.2) is 37.4 Å². The maximum atomic E-state index is 13.5. The lowest BCUT2D eigenvalue weighted by atomic mass is 10.1. The molecule has 1 rings (SSSR count). The Bertz CT molecular complexity index is 463. The molecule has 0 aromatic heterocycles. The van der Waals surface area contributed by atoms with Crippen LogP contribution in [0, 0.1) is 5.82 Å². The molecule has 5 nitrogen and oxygen atoms in total. The number of anilines is 1. The van der Waals surface area contributed by atoms with E-state index in [1.807, 2.05) is 0 Å². The number of halogens is 1. The summed E-state index contributed by atoms with van der Waals surface area (Å²) in [6.07, 6.45) is 0.169. The van der Waals surface area contributed by atoms with Crippen LogP contribution in [0.5, 0.6) is 0 Å². The average molecular weight is 253 g/mol. The zero-order chi connectivity index (χ0) is 13.7. The number of nitrogens with zero attached hydrogens (tertiary/aromatic N) is 1. The number of nitrogens with two attached hydrogens (primary N) is 1. The van der Waals surface area contributed by atoms with Crippen LogP contribution in [0.25, 0.3) is 0 Å². The van der Waals surface area contributed by atoms with Gasteiger partial charge in [-0.15, -0.1) is 0 Å². The molecular formula is C12H16FN3O2. The number of amides is 2. The molecule has 0 aliphatic heterocycles. The average Bonchev–Trinajstić information content (AvgIpc) is 2.37. The van der Waals surface area contributed by atoms with Crippen molar-refractivity contribution in [3.63, 3.8) is 0 Å². The highest BCUT2D eigenvalue weighted by molar-refractivity contribution is 5.95. The summed E-state index contributed by atoms with van der Waals surface area (Å²) in [6, 6.07) is 3.82. The molecule has 0 atom stereocenters. The predicted molar refractivity (Wildman–Crippen MR) is 66.5 cm³/mol. The first-order chi connectivity index (χ1) is 8.45. The van der Waals surface area contributed by atoms with Crippen molar-refractivity contribution >= 4 is 17.5 Å². The maximum absolute atomic E-state index is 13.5. The van der Waals surface area contributed by atoms with Crippen molar-refractivity contribution in [3.05, 3.63) is 29.6 Å². The van der Waals surface area contributed by atoms with Crippen LogP contribution < -0.4 is 11.1 Å². The molecule has 0 saturated carbocycles. The van der Waals surface area contributed by atoms with Gasteiger partial charge in [0.05, 0.1) is 5.56 Å². The molecule has 1 aromatic carbocycles. The van der Waals surface area contributed by atoms with Gasteiger partial charge in [-0.2, -0.15) is 0 Å². The third kappa shape index (κ3) is 3.44. The molecule has 2 amide bonds. The summed E-state index contributed by atoms with van der Waals surface area (Å²) in [4.78, 5) is 24.3. The molecule has 18 heavy (non-hydrogen) atoms. The first-order valence-electron chi connectivity index (χ1n) is 5.46. The van der Waals surface area contributed by atoms with Gasteiger partial charge in [-0.3, -0.25) is 9.59 Å². The lowest BCUT2D eigenvalue weighted by molar-refractivity contribution is -0.120. The first kappa shape index (κ1) is 14.0. The Morgan fingerprint density at radius 3 is 2.72 bits per heavy atom. The van der Waals surface area contributed by atoms with Crippen molar-refractivity contribution in [3.8, 4) is 0 Å². The molecule has 3 N–H and O–H groups in total. The molecule has 0 bridgehead atoms. The zero-order valence-electron chi connectivity index (χ0n) is 10.4. The minimum Gasteiger partial charge on any atom is -0.399 e. The Labute approximate surface area is 105 Å². The number of hydrogen-bond donors (Lipinski definition) is 2.